The van der Waals surface area contributed by atoms with E-state index in [1.807, 2.05) is 0 Å². The van der Waals surface area contributed by atoms with Crippen molar-refractivity contribution in [2.75, 3.05) is 12.5 Å². The molecule has 1 saturated heterocycles. The summed E-state index contributed by atoms with van der Waals surface area (Å²) < 4.78 is 5.55. The van der Waals surface area contributed by atoms with E-state index >= 15 is 0 Å². The molecule has 0 spiro atoms. The standard InChI is InChI=1S/C14H19ClO/c1-2-3-4-7-12-8-5-6-9-13(12)14(10-15)11-16-14/h5-6,8-9H,2-4,7,10-11H2,1H3. The zero-order valence-corrected chi connectivity index (χ0v) is 10.6. The third kappa shape index (κ3) is 2.41. The highest BCUT2D eigenvalue weighted by atomic mass is 35.5. The predicted molar refractivity (Wildman–Crippen MR) is 68.0 cm³/mol. The highest BCUT2D eigenvalue weighted by Crippen LogP contribution is 2.41. The molecule has 0 aromatic heterocycles. The molecular weight excluding hydrogens is 220 g/mol. The van der Waals surface area contributed by atoms with Gasteiger partial charge in [0.15, 0.2) is 0 Å². The van der Waals surface area contributed by atoms with E-state index in [0.717, 1.165) is 13.0 Å². The fourth-order valence-corrected chi connectivity index (χ4v) is 2.44. The van der Waals surface area contributed by atoms with E-state index in [9.17, 15) is 0 Å². The third-order valence-electron chi connectivity index (χ3n) is 3.27. The summed E-state index contributed by atoms with van der Waals surface area (Å²) in [4.78, 5) is 0. The fraction of sp³-hybridized carbons (Fsp3) is 0.571. The average molecular weight is 239 g/mol. The van der Waals surface area contributed by atoms with Gasteiger partial charge < -0.3 is 4.74 Å². The molecule has 2 rings (SSSR count). The molecule has 1 nitrogen and oxygen atoms in total. The molecule has 0 bridgehead atoms. The lowest BCUT2D eigenvalue weighted by atomic mass is 9.93. The molecule has 0 amide bonds. The predicted octanol–water partition coefficient (Wildman–Crippen LogP) is 3.88. The van der Waals surface area contributed by atoms with Crippen LogP contribution in [-0.2, 0) is 16.8 Å². The summed E-state index contributed by atoms with van der Waals surface area (Å²) in [5, 5.41) is 0. The van der Waals surface area contributed by atoms with Gasteiger partial charge in [-0.3, -0.25) is 0 Å². The van der Waals surface area contributed by atoms with Crippen LogP contribution >= 0.6 is 11.6 Å². The van der Waals surface area contributed by atoms with Crippen molar-refractivity contribution in [1.29, 1.82) is 0 Å². The smallest absolute Gasteiger partial charge is 0.130 e. The number of ether oxygens (including phenoxy) is 1. The second kappa shape index (κ2) is 5.20. The molecule has 88 valence electrons. The SMILES string of the molecule is CCCCCc1ccccc1C1(CCl)CO1. The Morgan fingerprint density at radius 1 is 1.31 bits per heavy atom. The number of rotatable bonds is 6. The van der Waals surface area contributed by atoms with Crippen LogP contribution in [0.5, 0.6) is 0 Å². The first-order chi connectivity index (χ1) is 7.82. The minimum atomic E-state index is -0.162. The molecule has 16 heavy (non-hydrogen) atoms. The van der Waals surface area contributed by atoms with Crippen LogP contribution in [0.15, 0.2) is 24.3 Å². The molecule has 1 aromatic rings. The Kier molecular flexibility index (Phi) is 3.88. The minimum Gasteiger partial charge on any atom is -0.363 e. The zero-order valence-electron chi connectivity index (χ0n) is 9.84. The molecule has 0 aliphatic carbocycles. The first-order valence-corrected chi connectivity index (χ1v) is 6.64. The lowest BCUT2D eigenvalue weighted by molar-refractivity contribution is 0.331. The Bertz CT molecular complexity index is 344. The van der Waals surface area contributed by atoms with Crippen LogP contribution < -0.4 is 0 Å². The van der Waals surface area contributed by atoms with Crippen LogP contribution in [0.3, 0.4) is 0 Å². The first kappa shape index (κ1) is 11.9. The van der Waals surface area contributed by atoms with E-state index in [2.05, 4.69) is 31.2 Å². The number of unbranched alkanes of at least 4 members (excludes halogenated alkanes) is 2. The normalized spacial score (nSPS) is 23.4. The first-order valence-electron chi connectivity index (χ1n) is 6.11. The molecule has 1 aromatic carbocycles. The second-order valence-corrected chi connectivity index (χ2v) is 4.80. The molecule has 0 N–H and O–H groups in total. The summed E-state index contributed by atoms with van der Waals surface area (Å²) in [6.07, 6.45) is 4.96. The highest BCUT2D eigenvalue weighted by molar-refractivity contribution is 6.18. The van der Waals surface area contributed by atoms with Gasteiger partial charge in [0, 0.05) is 0 Å². The fourth-order valence-electron chi connectivity index (χ4n) is 2.14. The molecule has 0 saturated carbocycles. The topological polar surface area (TPSA) is 12.5 Å². The number of hydrogen-bond acceptors (Lipinski definition) is 1. The van der Waals surface area contributed by atoms with Crippen molar-refractivity contribution in [2.24, 2.45) is 0 Å². The average Bonchev–Trinajstić information content (AvgIpc) is 3.11. The quantitative estimate of drug-likeness (QED) is 0.416. The van der Waals surface area contributed by atoms with Crippen molar-refractivity contribution in [3.05, 3.63) is 35.4 Å². The monoisotopic (exact) mass is 238 g/mol. The van der Waals surface area contributed by atoms with E-state index in [1.165, 1.54) is 30.4 Å². The van der Waals surface area contributed by atoms with Crippen molar-refractivity contribution < 1.29 is 4.74 Å². The summed E-state index contributed by atoms with van der Waals surface area (Å²) in [5.41, 5.74) is 2.56. The number of hydrogen-bond donors (Lipinski definition) is 0. The molecule has 1 aliphatic heterocycles. The molecular formula is C14H19ClO. The number of benzene rings is 1. The van der Waals surface area contributed by atoms with Crippen LogP contribution in [0.25, 0.3) is 0 Å². The Morgan fingerprint density at radius 3 is 2.69 bits per heavy atom. The Morgan fingerprint density at radius 2 is 2.06 bits per heavy atom. The maximum Gasteiger partial charge on any atom is 0.130 e. The van der Waals surface area contributed by atoms with Gasteiger partial charge in [-0.25, -0.2) is 0 Å². The van der Waals surface area contributed by atoms with E-state index in [-0.39, 0.29) is 5.60 Å². The van der Waals surface area contributed by atoms with Crippen molar-refractivity contribution in [3.63, 3.8) is 0 Å². The van der Waals surface area contributed by atoms with E-state index in [1.54, 1.807) is 0 Å². The lowest BCUT2D eigenvalue weighted by Gasteiger charge is -2.14. The Labute approximate surface area is 103 Å². The Balaban J connectivity index is 2.11. The minimum absolute atomic E-state index is 0.162. The summed E-state index contributed by atoms with van der Waals surface area (Å²) in [7, 11) is 0. The summed E-state index contributed by atoms with van der Waals surface area (Å²) >= 11 is 6.00. The maximum atomic E-state index is 6.00. The number of epoxide rings is 1. The summed E-state index contributed by atoms with van der Waals surface area (Å²) in [6.45, 7) is 3.01. The zero-order chi connectivity index (χ0) is 11.4. The third-order valence-corrected chi connectivity index (χ3v) is 3.70. The summed E-state index contributed by atoms with van der Waals surface area (Å²) in [5.74, 6) is 0.567. The van der Waals surface area contributed by atoms with E-state index < -0.39 is 0 Å². The lowest BCUT2D eigenvalue weighted by Crippen LogP contribution is -2.13. The van der Waals surface area contributed by atoms with Gasteiger partial charge in [0.1, 0.15) is 5.60 Å². The van der Waals surface area contributed by atoms with Crippen LogP contribution in [0.1, 0.15) is 37.3 Å². The molecule has 1 unspecified atom stereocenters. The van der Waals surface area contributed by atoms with Gasteiger partial charge in [-0.1, -0.05) is 44.0 Å². The van der Waals surface area contributed by atoms with Crippen LogP contribution in [0.2, 0.25) is 0 Å². The Hall–Kier alpha value is -0.530. The molecule has 1 fully saturated rings. The van der Waals surface area contributed by atoms with Gasteiger partial charge in [0.25, 0.3) is 0 Å². The molecule has 0 radical (unpaired) electrons. The van der Waals surface area contributed by atoms with Gasteiger partial charge in [-0.15, -0.1) is 11.6 Å². The van der Waals surface area contributed by atoms with E-state index in [4.69, 9.17) is 16.3 Å². The van der Waals surface area contributed by atoms with Crippen LogP contribution in [-0.4, -0.2) is 12.5 Å². The highest BCUT2D eigenvalue weighted by Gasteiger charge is 2.46. The van der Waals surface area contributed by atoms with Gasteiger partial charge in [0.2, 0.25) is 0 Å². The van der Waals surface area contributed by atoms with Gasteiger partial charge >= 0.3 is 0 Å². The van der Waals surface area contributed by atoms with Gasteiger partial charge in [0.05, 0.1) is 12.5 Å². The van der Waals surface area contributed by atoms with Crippen molar-refractivity contribution >= 4 is 11.6 Å². The maximum absolute atomic E-state index is 6.00. The van der Waals surface area contributed by atoms with E-state index in [0.29, 0.717) is 5.88 Å². The van der Waals surface area contributed by atoms with Gasteiger partial charge in [-0.05, 0) is 24.0 Å². The largest absolute Gasteiger partial charge is 0.363 e. The van der Waals surface area contributed by atoms with Crippen LogP contribution in [0.4, 0.5) is 0 Å². The molecule has 2 heteroatoms. The van der Waals surface area contributed by atoms with Gasteiger partial charge in [-0.2, -0.15) is 0 Å². The number of aryl methyl sites for hydroxylation is 1. The molecule has 1 aliphatic rings. The number of halogens is 1. The van der Waals surface area contributed by atoms with Crippen molar-refractivity contribution in [3.8, 4) is 0 Å². The summed E-state index contributed by atoms with van der Waals surface area (Å²) in [6, 6.07) is 8.56. The number of alkyl halides is 1. The molecule has 1 heterocycles. The molecule has 1 atom stereocenters. The second-order valence-electron chi connectivity index (χ2n) is 4.53. The van der Waals surface area contributed by atoms with Crippen molar-refractivity contribution in [2.45, 2.75) is 38.2 Å². The van der Waals surface area contributed by atoms with Crippen LogP contribution in [0, 0.1) is 0 Å². The van der Waals surface area contributed by atoms with Crippen molar-refractivity contribution in [1.82, 2.24) is 0 Å².